The lowest BCUT2D eigenvalue weighted by Gasteiger charge is -2.18. The normalized spacial score (nSPS) is 13.2. The number of para-hydroxylation sites is 1. The van der Waals surface area contributed by atoms with Crippen molar-refractivity contribution < 1.29 is 29.3 Å². The van der Waals surface area contributed by atoms with Gasteiger partial charge in [-0.15, -0.1) is 0 Å². The minimum atomic E-state index is -1.40. The average molecular weight is 283 g/mol. The van der Waals surface area contributed by atoms with Gasteiger partial charge in [0.25, 0.3) is 5.91 Å². The number of carboxylic acids is 1. The number of carbonyl (C=O) groups is 2. The molecule has 20 heavy (non-hydrogen) atoms. The number of amides is 1. The molecule has 1 rings (SSSR count). The SMILES string of the molecule is COc1cccc(C(=O)NC(C(=O)O)C(C)O)c1OC. The zero-order valence-corrected chi connectivity index (χ0v) is 11.4. The molecular weight excluding hydrogens is 266 g/mol. The second kappa shape index (κ2) is 6.76. The molecule has 0 heterocycles. The van der Waals surface area contributed by atoms with Crippen molar-refractivity contribution in [3.05, 3.63) is 23.8 Å². The maximum absolute atomic E-state index is 12.1. The van der Waals surface area contributed by atoms with Crippen LogP contribution in [0.2, 0.25) is 0 Å². The molecule has 3 N–H and O–H groups in total. The second-order valence-corrected chi connectivity index (χ2v) is 4.07. The van der Waals surface area contributed by atoms with Gasteiger partial charge in [0.05, 0.1) is 25.9 Å². The molecule has 0 aliphatic carbocycles. The van der Waals surface area contributed by atoms with Gasteiger partial charge in [0.2, 0.25) is 0 Å². The number of nitrogens with one attached hydrogen (secondary N) is 1. The molecule has 0 fully saturated rings. The molecule has 0 saturated carbocycles. The van der Waals surface area contributed by atoms with Gasteiger partial charge in [-0.2, -0.15) is 0 Å². The minimum Gasteiger partial charge on any atom is -0.493 e. The summed E-state index contributed by atoms with van der Waals surface area (Å²) in [5, 5.41) is 20.5. The molecule has 0 spiro atoms. The van der Waals surface area contributed by atoms with Crippen molar-refractivity contribution >= 4 is 11.9 Å². The number of aliphatic hydroxyl groups excluding tert-OH is 1. The number of hydrogen-bond donors (Lipinski definition) is 3. The molecule has 0 aliphatic heterocycles. The van der Waals surface area contributed by atoms with E-state index in [1.807, 2.05) is 0 Å². The van der Waals surface area contributed by atoms with Gasteiger partial charge >= 0.3 is 5.97 Å². The Morgan fingerprint density at radius 1 is 1.25 bits per heavy atom. The van der Waals surface area contributed by atoms with E-state index in [-0.39, 0.29) is 11.3 Å². The largest absolute Gasteiger partial charge is 0.493 e. The first-order valence-electron chi connectivity index (χ1n) is 5.85. The van der Waals surface area contributed by atoms with E-state index in [0.717, 1.165) is 0 Å². The highest BCUT2D eigenvalue weighted by Gasteiger charge is 2.27. The molecule has 0 aromatic heterocycles. The Balaban J connectivity index is 3.06. The number of carbonyl (C=O) groups excluding carboxylic acids is 1. The first-order chi connectivity index (χ1) is 9.42. The van der Waals surface area contributed by atoms with E-state index in [2.05, 4.69) is 5.32 Å². The van der Waals surface area contributed by atoms with Crippen LogP contribution in [-0.2, 0) is 4.79 Å². The lowest BCUT2D eigenvalue weighted by molar-refractivity contribution is -0.141. The quantitative estimate of drug-likeness (QED) is 0.692. The van der Waals surface area contributed by atoms with Crippen molar-refractivity contribution in [2.24, 2.45) is 0 Å². The van der Waals surface area contributed by atoms with E-state index in [9.17, 15) is 14.7 Å². The highest BCUT2D eigenvalue weighted by atomic mass is 16.5. The zero-order chi connectivity index (χ0) is 15.3. The minimum absolute atomic E-state index is 0.124. The number of rotatable bonds is 6. The maximum Gasteiger partial charge on any atom is 0.328 e. The summed E-state index contributed by atoms with van der Waals surface area (Å²) in [6.45, 7) is 1.28. The number of carboxylic acid groups (broad SMARTS) is 1. The van der Waals surface area contributed by atoms with Crippen LogP contribution in [-0.4, -0.2) is 48.5 Å². The van der Waals surface area contributed by atoms with Crippen LogP contribution in [0.1, 0.15) is 17.3 Å². The summed E-state index contributed by atoms with van der Waals surface area (Å²) in [6, 6.07) is 3.25. The Kier molecular flexibility index (Phi) is 5.33. The Labute approximate surface area is 116 Å². The Hall–Kier alpha value is -2.28. The topological polar surface area (TPSA) is 105 Å². The molecule has 1 amide bonds. The summed E-state index contributed by atoms with van der Waals surface area (Å²) in [4.78, 5) is 23.0. The van der Waals surface area contributed by atoms with Crippen LogP contribution in [0.15, 0.2) is 18.2 Å². The molecule has 0 radical (unpaired) electrons. The first kappa shape index (κ1) is 15.8. The van der Waals surface area contributed by atoms with Crippen LogP contribution in [0.4, 0.5) is 0 Å². The second-order valence-electron chi connectivity index (χ2n) is 4.07. The molecule has 1 aromatic rings. The van der Waals surface area contributed by atoms with E-state index >= 15 is 0 Å². The summed E-state index contributed by atoms with van der Waals surface area (Å²) in [6.07, 6.45) is -1.23. The van der Waals surface area contributed by atoms with Gasteiger partial charge in [0, 0.05) is 0 Å². The Morgan fingerprint density at radius 2 is 1.90 bits per heavy atom. The van der Waals surface area contributed by atoms with Gasteiger partial charge in [0.15, 0.2) is 17.5 Å². The average Bonchev–Trinajstić information content (AvgIpc) is 2.42. The standard InChI is InChI=1S/C13H17NO6/c1-7(15)10(13(17)18)14-12(16)8-5-4-6-9(19-2)11(8)20-3/h4-7,10,15H,1-3H3,(H,14,16)(H,17,18). The summed E-state index contributed by atoms with van der Waals surface area (Å²) >= 11 is 0. The van der Waals surface area contributed by atoms with Gasteiger partial charge in [0.1, 0.15) is 0 Å². The van der Waals surface area contributed by atoms with Crippen LogP contribution in [0.25, 0.3) is 0 Å². The van der Waals surface area contributed by atoms with Crippen LogP contribution < -0.4 is 14.8 Å². The van der Waals surface area contributed by atoms with Crippen molar-refractivity contribution in [2.75, 3.05) is 14.2 Å². The fourth-order valence-electron chi connectivity index (χ4n) is 1.67. The fourth-order valence-corrected chi connectivity index (χ4v) is 1.67. The van der Waals surface area contributed by atoms with Crippen LogP contribution in [0, 0.1) is 0 Å². The van der Waals surface area contributed by atoms with Gasteiger partial charge in [-0.25, -0.2) is 4.79 Å². The van der Waals surface area contributed by atoms with Crippen molar-refractivity contribution in [1.29, 1.82) is 0 Å². The lowest BCUT2D eigenvalue weighted by Crippen LogP contribution is -2.47. The highest BCUT2D eigenvalue weighted by Crippen LogP contribution is 2.30. The number of hydrogen-bond acceptors (Lipinski definition) is 5. The van der Waals surface area contributed by atoms with Crippen molar-refractivity contribution in [1.82, 2.24) is 5.32 Å². The van der Waals surface area contributed by atoms with Gasteiger partial charge in [-0.05, 0) is 19.1 Å². The van der Waals surface area contributed by atoms with Gasteiger partial charge in [-0.3, -0.25) is 4.79 Å². The van der Waals surface area contributed by atoms with Crippen LogP contribution in [0.3, 0.4) is 0 Å². The molecular formula is C13H17NO6. The number of ether oxygens (including phenoxy) is 2. The monoisotopic (exact) mass is 283 g/mol. The fraction of sp³-hybridized carbons (Fsp3) is 0.385. The third-order valence-electron chi connectivity index (χ3n) is 2.68. The molecule has 0 aliphatic rings. The lowest BCUT2D eigenvalue weighted by atomic mass is 10.1. The van der Waals surface area contributed by atoms with Crippen LogP contribution >= 0.6 is 0 Å². The molecule has 2 atom stereocenters. The summed E-state index contributed by atoms with van der Waals surface area (Å²) < 4.78 is 10.2. The number of methoxy groups -OCH3 is 2. The smallest absolute Gasteiger partial charge is 0.328 e. The van der Waals surface area contributed by atoms with E-state index in [1.54, 1.807) is 12.1 Å². The molecule has 0 saturated heterocycles. The van der Waals surface area contributed by atoms with E-state index in [1.165, 1.54) is 27.2 Å². The zero-order valence-electron chi connectivity index (χ0n) is 11.4. The number of benzene rings is 1. The molecule has 7 nitrogen and oxygen atoms in total. The highest BCUT2D eigenvalue weighted by molar-refractivity contribution is 5.99. The third-order valence-corrected chi connectivity index (χ3v) is 2.68. The van der Waals surface area contributed by atoms with E-state index in [4.69, 9.17) is 14.6 Å². The van der Waals surface area contributed by atoms with E-state index in [0.29, 0.717) is 5.75 Å². The summed E-state index contributed by atoms with van der Waals surface area (Å²) in [5.74, 6) is -1.45. The molecule has 2 unspecified atom stereocenters. The van der Waals surface area contributed by atoms with Gasteiger partial charge in [-0.1, -0.05) is 6.07 Å². The molecule has 0 bridgehead atoms. The summed E-state index contributed by atoms with van der Waals surface area (Å²) in [5.41, 5.74) is 0.124. The van der Waals surface area contributed by atoms with Gasteiger partial charge < -0.3 is 25.0 Å². The number of aliphatic hydroxyl groups is 1. The Bertz CT molecular complexity index is 500. The summed E-state index contributed by atoms with van der Waals surface area (Å²) in [7, 11) is 2.80. The van der Waals surface area contributed by atoms with Crippen molar-refractivity contribution in [3.8, 4) is 11.5 Å². The van der Waals surface area contributed by atoms with Crippen molar-refractivity contribution in [3.63, 3.8) is 0 Å². The van der Waals surface area contributed by atoms with Crippen molar-refractivity contribution in [2.45, 2.75) is 19.1 Å². The van der Waals surface area contributed by atoms with Crippen LogP contribution in [0.5, 0.6) is 11.5 Å². The molecule has 110 valence electrons. The molecule has 7 heteroatoms. The predicted molar refractivity (Wildman–Crippen MR) is 70.1 cm³/mol. The predicted octanol–water partition coefficient (Wildman–Crippen LogP) is 0.268. The first-order valence-corrected chi connectivity index (χ1v) is 5.85. The molecule has 1 aromatic carbocycles. The van der Waals surface area contributed by atoms with E-state index < -0.39 is 24.0 Å². The Morgan fingerprint density at radius 3 is 2.35 bits per heavy atom. The third kappa shape index (κ3) is 3.39. The number of aliphatic carboxylic acids is 1. The maximum atomic E-state index is 12.1.